The van der Waals surface area contributed by atoms with Gasteiger partial charge in [-0.3, -0.25) is 4.79 Å². The monoisotopic (exact) mass is 250 g/mol. The van der Waals surface area contributed by atoms with Crippen molar-refractivity contribution >= 4 is 11.6 Å². The molecule has 1 aromatic heterocycles. The van der Waals surface area contributed by atoms with E-state index >= 15 is 0 Å². The van der Waals surface area contributed by atoms with Gasteiger partial charge >= 0.3 is 0 Å². The van der Waals surface area contributed by atoms with E-state index in [1.54, 1.807) is 37.4 Å². The maximum atomic E-state index is 12.2. The number of methoxy groups -OCH3 is 1. The zero-order valence-corrected chi connectivity index (χ0v) is 10.7. The number of carbonyl (C=O) groups is 1. The van der Waals surface area contributed by atoms with Crippen molar-refractivity contribution in [1.29, 1.82) is 0 Å². The Balaban J connectivity index is 2.09. The number of hydrogen-bond donors (Lipinski definition) is 1. The molecular formula is C13H18N2O3. The summed E-state index contributed by atoms with van der Waals surface area (Å²) in [7, 11) is 3.25. The van der Waals surface area contributed by atoms with Crippen LogP contribution in [0.5, 0.6) is 5.88 Å². The van der Waals surface area contributed by atoms with Gasteiger partial charge in [-0.1, -0.05) is 0 Å². The average Bonchev–Trinajstić information content (AvgIpc) is 2.83. The predicted octanol–water partition coefficient (Wildman–Crippen LogP) is 1.21. The minimum Gasteiger partial charge on any atom is -0.481 e. The lowest BCUT2D eigenvalue weighted by Crippen LogP contribution is -2.36. The van der Waals surface area contributed by atoms with Gasteiger partial charge in [0.2, 0.25) is 11.8 Å². The van der Waals surface area contributed by atoms with E-state index in [4.69, 9.17) is 4.74 Å². The molecule has 0 bridgehead atoms. The quantitative estimate of drug-likeness (QED) is 0.876. The Bertz CT molecular complexity index is 419. The van der Waals surface area contributed by atoms with E-state index in [2.05, 4.69) is 4.98 Å². The van der Waals surface area contributed by atoms with Gasteiger partial charge in [-0.25, -0.2) is 4.98 Å². The molecule has 1 fully saturated rings. The van der Waals surface area contributed by atoms with Gasteiger partial charge < -0.3 is 14.7 Å². The Morgan fingerprint density at radius 2 is 2.28 bits per heavy atom. The van der Waals surface area contributed by atoms with Gasteiger partial charge in [-0.05, 0) is 25.3 Å². The van der Waals surface area contributed by atoms with Gasteiger partial charge in [0.25, 0.3) is 0 Å². The number of pyridine rings is 1. The second kappa shape index (κ2) is 5.35. The molecule has 5 heteroatoms. The van der Waals surface area contributed by atoms with Gasteiger partial charge in [0.15, 0.2) is 0 Å². The lowest BCUT2D eigenvalue weighted by molar-refractivity contribution is -0.124. The van der Waals surface area contributed by atoms with Gasteiger partial charge in [-0.15, -0.1) is 0 Å². The maximum Gasteiger partial charge on any atom is 0.232 e. The fraction of sp³-hybridized carbons (Fsp3) is 0.538. The summed E-state index contributed by atoms with van der Waals surface area (Å²) in [5.41, 5.74) is 0.708. The van der Waals surface area contributed by atoms with E-state index < -0.39 is 6.10 Å². The minimum absolute atomic E-state index is 0.0491. The Kier molecular flexibility index (Phi) is 3.81. The normalized spacial score (nSPS) is 22.8. The average molecular weight is 250 g/mol. The number of aliphatic hydroxyl groups is 1. The van der Waals surface area contributed by atoms with Gasteiger partial charge in [0, 0.05) is 13.1 Å². The van der Waals surface area contributed by atoms with Crippen LogP contribution in [0.2, 0.25) is 0 Å². The molecule has 98 valence electrons. The van der Waals surface area contributed by atoms with E-state index in [0.717, 1.165) is 12.8 Å². The fourth-order valence-corrected chi connectivity index (χ4v) is 2.30. The third-order valence-corrected chi connectivity index (χ3v) is 3.44. The zero-order valence-electron chi connectivity index (χ0n) is 10.7. The molecule has 2 atom stereocenters. The molecule has 1 aliphatic carbocycles. The lowest BCUT2D eigenvalue weighted by Gasteiger charge is -2.22. The smallest absolute Gasteiger partial charge is 0.232 e. The molecule has 18 heavy (non-hydrogen) atoms. The van der Waals surface area contributed by atoms with E-state index in [-0.39, 0.29) is 11.8 Å². The molecule has 2 unspecified atom stereocenters. The van der Waals surface area contributed by atoms with Crippen molar-refractivity contribution in [3.8, 4) is 5.88 Å². The number of ether oxygens (including phenoxy) is 1. The second-order valence-corrected chi connectivity index (χ2v) is 4.56. The summed E-state index contributed by atoms with van der Waals surface area (Å²) in [5.74, 6) is 0.185. The topological polar surface area (TPSA) is 62.7 Å². The van der Waals surface area contributed by atoms with Crippen molar-refractivity contribution in [2.24, 2.45) is 5.92 Å². The first-order chi connectivity index (χ1) is 8.63. The van der Waals surface area contributed by atoms with Crippen LogP contribution in [0.1, 0.15) is 19.3 Å². The zero-order chi connectivity index (χ0) is 13.1. The summed E-state index contributed by atoms with van der Waals surface area (Å²) in [6.45, 7) is 0. The number of carbonyl (C=O) groups excluding carboxylic acids is 1. The highest BCUT2D eigenvalue weighted by molar-refractivity contribution is 5.94. The number of aromatic nitrogens is 1. The SMILES string of the molecule is COc1ccc(N(C)C(=O)C2CCCC2O)cn1. The van der Waals surface area contributed by atoms with Crippen LogP contribution in [0.4, 0.5) is 5.69 Å². The highest BCUT2D eigenvalue weighted by atomic mass is 16.5. The minimum atomic E-state index is -0.508. The lowest BCUT2D eigenvalue weighted by atomic mass is 10.0. The first-order valence-electron chi connectivity index (χ1n) is 6.09. The summed E-state index contributed by atoms with van der Waals surface area (Å²) in [6.07, 6.45) is 3.47. The van der Waals surface area contributed by atoms with Crippen LogP contribution in [0.3, 0.4) is 0 Å². The molecule has 0 aromatic carbocycles. The number of anilines is 1. The third-order valence-electron chi connectivity index (χ3n) is 3.44. The number of rotatable bonds is 3. The molecule has 0 aliphatic heterocycles. The Hall–Kier alpha value is -1.62. The van der Waals surface area contributed by atoms with Gasteiger partial charge in [0.1, 0.15) is 0 Å². The second-order valence-electron chi connectivity index (χ2n) is 4.56. The van der Waals surface area contributed by atoms with Crippen LogP contribution in [0, 0.1) is 5.92 Å². The van der Waals surface area contributed by atoms with Crippen LogP contribution in [-0.2, 0) is 4.79 Å². The van der Waals surface area contributed by atoms with Crippen molar-refractivity contribution in [3.05, 3.63) is 18.3 Å². The maximum absolute atomic E-state index is 12.2. The molecule has 1 N–H and O–H groups in total. The summed E-state index contributed by atoms with van der Waals surface area (Å²) in [6, 6.07) is 3.50. The Morgan fingerprint density at radius 3 is 2.78 bits per heavy atom. The molecule has 1 heterocycles. The molecule has 5 nitrogen and oxygen atoms in total. The largest absolute Gasteiger partial charge is 0.481 e. The third kappa shape index (κ3) is 2.46. The van der Waals surface area contributed by atoms with Crippen molar-refractivity contribution in [1.82, 2.24) is 4.98 Å². The van der Waals surface area contributed by atoms with Gasteiger partial charge in [0.05, 0.1) is 31.0 Å². The highest BCUT2D eigenvalue weighted by Gasteiger charge is 2.33. The first-order valence-corrected chi connectivity index (χ1v) is 6.09. The molecule has 1 amide bonds. The molecule has 0 spiro atoms. The molecule has 0 radical (unpaired) electrons. The molecule has 1 aromatic rings. The van der Waals surface area contributed by atoms with Crippen molar-refractivity contribution in [2.75, 3.05) is 19.1 Å². The van der Waals surface area contributed by atoms with E-state index in [0.29, 0.717) is 18.0 Å². The Morgan fingerprint density at radius 1 is 1.50 bits per heavy atom. The molecule has 1 saturated carbocycles. The molecule has 2 rings (SSSR count). The van der Waals surface area contributed by atoms with Crippen molar-refractivity contribution < 1.29 is 14.6 Å². The van der Waals surface area contributed by atoms with Crippen molar-refractivity contribution in [3.63, 3.8) is 0 Å². The summed E-state index contributed by atoms with van der Waals surface area (Å²) in [5, 5.41) is 9.75. The van der Waals surface area contributed by atoms with Crippen LogP contribution in [0.15, 0.2) is 18.3 Å². The predicted molar refractivity (Wildman–Crippen MR) is 67.5 cm³/mol. The van der Waals surface area contributed by atoms with Crippen molar-refractivity contribution in [2.45, 2.75) is 25.4 Å². The van der Waals surface area contributed by atoms with Crippen LogP contribution < -0.4 is 9.64 Å². The summed E-state index contributed by atoms with van der Waals surface area (Å²) < 4.78 is 4.97. The van der Waals surface area contributed by atoms with E-state index in [1.807, 2.05) is 0 Å². The number of amides is 1. The molecular weight excluding hydrogens is 232 g/mol. The van der Waals surface area contributed by atoms with Crippen LogP contribution in [-0.4, -0.2) is 36.3 Å². The standard InChI is InChI=1S/C13H18N2O3/c1-15(9-6-7-12(18-2)14-8-9)13(17)10-4-3-5-11(10)16/h6-8,10-11,16H,3-5H2,1-2H3. The van der Waals surface area contributed by atoms with E-state index in [1.165, 1.54) is 0 Å². The number of nitrogens with zero attached hydrogens (tertiary/aromatic N) is 2. The summed E-state index contributed by atoms with van der Waals surface area (Å²) >= 11 is 0. The summed E-state index contributed by atoms with van der Waals surface area (Å²) in [4.78, 5) is 17.8. The fourth-order valence-electron chi connectivity index (χ4n) is 2.30. The first kappa shape index (κ1) is 12.8. The highest BCUT2D eigenvalue weighted by Crippen LogP contribution is 2.28. The molecule has 1 aliphatic rings. The van der Waals surface area contributed by atoms with Crippen LogP contribution in [0.25, 0.3) is 0 Å². The Labute approximate surface area is 106 Å². The van der Waals surface area contributed by atoms with Gasteiger partial charge in [-0.2, -0.15) is 0 Å². The number of hydrogen-bond acceptors (Lipinski definition) is 4. The van der Waals surface area contributed by atoms with Crippen LogP contribution >= 0.6 is 0 Å². The number of aliphatic hydroxyl groups excluding tert-OH is 1. The van der Waals surface area contributed by atoms with E-state index in [9.17, 15) is 9.90 Å². The molecule has 0 saturated heterocycles.